The number of amides is 2. The summed E-state index contributed by atoms with van der Waals surface area (Å²) >= 11 is 3.41. The second-order valence-electron chi connectivity index (χ2n) is 6.32. The third kappa shape index (κ3) is 2.35. The molecular weight excluding hydrogens is 368 g/mol. The average molecular weight is 385 g/mol. The van der Waals surface area contributed by atoms with Crippen molar-refractivity contribution in [1.29, 1.82) is 0 Å². The summed E-state index contributed by atoms with van der Waals surface area (Å²) in [7, 11) is 0. The Morgan fingerprint density at radius 3 is 2.88 bits per heavy atom. The van der Waals surface area contributed by atoms with Gasteiger partial charge in [-0.05, 0) is 71.1 Å². The Kier molecular flexibility index (Phi) is 3.68. The number of halogens is 1. The van der Waals surface area contributed by atoms with Crippen molar-refractivity contribution in [2.45, 2.75) is 25.7 Å². The van der Waals surface area contributed by atoms with Gasteiger partial charge in [-0.3, -0.25) is 9.59 Å². The highest BCUT2D eigenvalue weighted by molar-refractivity contribution is 9.10. The van der Waals surface area contributed by atoms with Gasteiger partial charge < -0.3 is 10.2 Å². The molecule has 2 aromatic carbocycles. The molecule has 2 aliphatic rings. The minimum Gasteiger partial charge on any atom is -0.322 e. The summed E-state index contributed by atoms with van der Waals surface area (Å²) in [6, 6.07) is 11.3. The fraction of sp³-hybridized carbons (Fsp3) is 0.263. The molecule has 0 radical (unpaired) electrons. The molecule has 5 heteroatoms. The van der Waals surface area contributed by atoms with Gasteiger partial charge in [-0.25, -0.2) is 0 Å². The Morgan fingerprint density at radius 1 is 1.29 bits per heavy atom. The molecule has 4 nitrogen and oxygen atoms in total. The molecule has 1 N–H and O–H groups in total. The lowest BCUT2D eigenvalue weighted by Gasteiger charge is -2.26. The van der Waals surface area contributed by atoms with E-state index < -0.39 is 0 Å². The highest BCUT2D eigenvalue weighted by Crippen LogP contribution is 2.44. The first-order valence-corrected chi connectivity index (χ1v) is 8.89. The van der Waals surface area contributed by atoms with Gasteiger partial charge in [0.1, 0.15) is 0 Å². The van der Waals surface area contributed by atoms with Gasteiger partial charge in [0.15, 0.2) is 0 Å². The summed E-state index contributed by atoms with van der Waals surface area (Å²) in [4.78, 5) is 26.9. The van der Waals surface area contributed by atoms with Gasteiger partial charge in [0.25, 0.3) is 5.91 Å². The van der Waals surface area contributed by atoms with Crippen LogP contribution >= 0.6 is 15.9 Å². The van der Waals surface area contributed by atoms with Crippen LogP contribution in [-0.4, -0.2) is 18.4 Å². The number of benzene rings is 2. The van der Waals surface area contributed by atoms with Gasteiger partial charge in [-0.2, -0.15) is 0 Å². The third-order valence-electron chi connectivity index (χ3n) is 4.80. The maximum Gasteiger partial charge on any atom is 0.256 e. The van der Waals surface area contributed by atoms with Crippen molar-refractivity contribution in [2.75, 3.05) is 16.8 Å². The predicted octanol–water partition coefficient (Wildman–Crippen LogP) is 4.10. The number of nitrogens with one attached hydrogen (secondary N) is 1. The van der Waals surface area contributed by atoms with Crippen LogP contribution in [-0.2, 0) is 11.2 Å². The number of rotatable bonds is 2. The SMILES string of the molecule is C[C@@H]1C(=O)N2CCCc3cc(NC(=O)c4ccccc4Br)cc1c32. The summed E-state index contributed by atoms with van der Waals surface area (Å²) < 4.78 is 0.764. The lowest BCUT2D eigenvalue weighted by molar-refractivity contribution is -0.119. The fourth-order valence-electron chi connectivity index (χ4n) is 3.61. The van der Waals surface area contributed by atoms with Crippen LogP contribution in [0.2, 0.25) is 0 Å². The zero-order valence-corrected chi connectivity index (χ0v) is 14.9. The van der Waals surface area contributed by atoms with E-state index in [1.54, 1.807) is 6.07 Å². The summed E-state index contributed by atoms with van der Waals surface area (Å²) in [5.41, 5.74) is 4.60. The number of carbonyl (C=O) groups excluding carboxylic acids is 2. The lowest BCUT2D eigenvalue weighted by atomic mass is 9.96. The van der Waals surface area contributed by atoms with E-state index in [2.05, 4.69) is 21.2 Å². The van der Waals surface area contributed by atoms with Crippen molar-refractivity contribution < 1.29 is 9.59 Å². The first kappa shape index (κ1) is 15.4. The standard InChI is InChI=1S/C19H17BrN2O2/c1-11-15-10-13(21-18(23)14-6-2-3-7-16(14)20)9-12-5-4-8-22(17(12)15)19(11)24/h2-3,6-7,9-11H,4-5,8H2,1H3,(H,21,23)/t11-/m0/s1. The fourth-order valence-corrected chi connectivity index (χ4v) is 4.08. The van der Waals surface area contributed by atoms with E-state index in [1.165, 1.54) is 0 Å². The van der Waals surface area contributed by atoms with Crippen LogP contribution in [0.25, 0.3) is 0 Å². The minimum atomic E-state index is -0.153. The molecule has 0 unspecified atom stereocenters. The molecule has 0 bridgehead atoms. The number of carbonyl (C=O) groups is 2. The molecule has 4 rings (SSSR count). The van der Waals surface area contributed by atoms with E-state index in [9.17, 15) is 9.59 Å². The Morgan fingerprint density at radius 2 is 2.08 bits per heavy atom. The molecule has 0 aliphatic carbocycles. The zero-order chi connectivity index (χ0) is 16.8. The van der Waals surface area contributed by atoms with Crippen LogP contribution in [0.5, 0.6) is 0 Å². The topological polar surface area (TPSA) is 49.4 Å². The Labute approximate surface area is 149 Å². The van der Waals surface area contributed by atoms with E-state index in [4.69, 9.17) is 0 Å². The normalized spacial score (nSPS) is 18.5. The number of hydrogen-bond donors (Lipinski definition) is 1. The van der Waals surface area contributed by atoms with Crippen LogP contribution in [0.3, 0.4) is 0 Å². The molecule has 2 aromatic rings. The highest BCUT2D eigenvalue weighted by atomic mass is 79.9. The zero-order valence-electron chi connectivity index (χ0n) is 13.3. The molecule has 0 saturated carbocycles. The van der Waals surface area contributed by atoms with Crippen molar-refractivity contribution in [2.24, 2.45) is 0 Å². The van der Waals surface area contributed by atoms with Gasteiger partial charge in [0, 0.05) is 16.7 Å². The second-order valence-corrected chi connectivity index (χ2v) is 7.18. The number of anilines is 2. The number of aryl methyl sites for hydroxylation is 1. The van der Waals surface area contributed by atoms with Crippen molar-refractivity contribution in [3.8, 4) is 0 Å². The van der Waals surface area contributed by atoms with Crippen molar-refractivity contribution in [1.82, 2.24) is 0 Å². The molecule has 2 amide bonds. The molecule has 0 saturated heterocycles. The molecule has 0 fully saturated rings. The maximum atomic E-state index is 12.5. The second kappa shape index (κ2) is 5.74. The first-order valence-electron chi connectivity index (χ1n) is 8.10. The van der Waals surface area contributed by atoms with Crippen molar-refractivity contribution in [3.63, 3.8) is 0 Å². The molecule has 1 atom stereocenters. The minimum absolute atomic E-state index is 0.142. The van der Waals surface area contributed by atoms with E-state index in [-0.39, 0.29) is 17.7 Å². The predicted molar refractivity (Wildman–Crippen MR) is 97.6 cm³/mol. The van der Waals surface area contributed by atoms with Gasteiger partial charge in [0.2, 0.25) is 5.91 Å². The molecule has 122 valence electrons. The van der Waals surface area contributed by atoms with Crippen LogP contribution in [0.15, 0.2) is 40.9 Å². The van der Waals surface area contributed by atoms with Crippen LogP contribution in [0.1, 0.15) is 40.7 Å². The van der Waals surface area contributed by atoms with Crippen LogP contribution in [0, 0.1) is 0 Å². The van der Waals surface area contributed by atoms with E-state index in [0.29, 0.717) is 5.56 Å². The third-order valence-corrected chi connectivity index (χ3v) is 5.49. The molecule has 2 heterocycles. The largest absolute Gasteiger partial charge is 0.322 e. The Bertz CT molecular complexity index is 862. The van der Waals surface area contributed by atoms with E-state index >= 15 is 0 Å². The first-order chi connectivity index (χ1) is 11.6. The summed E-state index contributed by atoms with van der Waals surface area (Å²) in [5.74, 6) is -0.128. The number of hydrogen-bond acceptors (Lipinski definition) is 2. The maximum absolute atomic E-state index is 12.5. The lowest BCUT2D eigenvalue weighted by Crippen LogP contribution is -2.32. The van der Waals surface area contributed by atoms with Gasteiger partial charge in [0.05, 0.1) is 17.2 Å². The molecule has 0 spiro atoms. The summed E-state index contributed by atoms with van der Waals surface area (Å²) in [6.45, 7) is 2.74. The average Bonchev–Trinajstić information content (AvgIpc) is 2.82. The molecule has 0 aromatic heterocycles. The quantitative estimate of drug-likeness (QED) is 0.847. The Balaban J connectivity index is 1.70. The van der Waals surface area contributed by atoms with E-state index in [1.807, 2.05) is 42.2 Å². The molecule has 2 aliphatic heterocycles. The smallest absolute Gasteiger partial charge is 0.256 e. The molecule has 24 heavy (non-hydrogen) atoms. The van der Waals surface area contributed by atoms with Gasteiger partial charge in [-0.1, -0.05) is 12.1 Å². The van der Waals surface area contributed by atoms with Gasteiger partial charge >= 0.3 is 0 Å². The van der Waals surface area contributed by atoms with Crippen molar-refractivity contribution in [3.05, 3.63) is 57.6 Å². The van der Waals surface area contributed by atoms with Crippen LogP contribution in [0.4, 0.5) is 11.4 Å². The van der Waals surface area contributed by atoms with Gasteiger partial charge in [-0.15, -0.1) is 0 Å². The molecular formula is C19H17BrN2O2. The van der Waals surface area contributed by atoms with E-state index in [0.717, 1.165) is 46.4 Å². The van der Waals surface area contributed by atoms with Crippen molar-refractivity contribution >= 4 is 39.1 Å². The number of nitrogens with zero attached hydrogens (tertiary/aromatic N) is 1. The Hall–Kier alpha value is -2.14. The highest BCUT2D eigenvalue weighted by Gasteiger charge is 2.37. The monoisotopic (exact) mass is 384 g/mol. The summed E-state index contributed by atoms with van der Waals surface area (Å²) in [6.07, 6.45) is 1.91. The summed E-state index contributed by atoms with van der Waals surface area (Å²) in [5, 5.41) is 2.98. The van der Waals surface area contributed by atoms with Crippen LogP contribution < -0.4 is 10.2 Å².